The lowest BCUT2D eigenvalue weighted by Crippen LogP contribution is -2.42. The highest BCUT2D eigenvalue weighted by molar-refractivity contribution is 7.91. The number of halogens is 2. The Hall–Kier alpha value is -3.62. The van der Waals surface area contributed by atoms with E-state index in [1.54, 1.807) is 16.7 Å². The predicted octanol–water partition coefficient (Wildman–Crippen LogP) is 4.02. The van der Waals surface area contributed by atoms with E-state index in [0.29, 0.717) is 86.4 Å². The molecule has 47 heavy (non-hydrogen) atoms. The van der Waals surface area contributed by atoms with Crippen LogP contribution < -0.4 is 21.8 Å². The normalized spacial score (nSPS) is 26.6. The van der Waals surface area contributed by atoms with Crippen LogP contribution in [0.2, 0.25) is 0 Å². The third kappa shape index (κ3) is 6.59. The van der Waals surface area contributed by atoms with Crippen LogP contribution in [0.25, 0.3) is 11.0 Å². The zero-order valence-electron chi connectivity index (χ0n) is 26.6. The number of pyridine rings is 1. The predicted molar refractivity (Wildman–Crippen MR) is 176 cm³/mol. The SMILES string of the molecule is C[C@H]1Nc2ncnc3c2cc(C2CCS(=O)(=O)CC2)c(=O)n3CCCCN2C=C(CN3CCC(CC3)C(F)(F)c3cccc1c3)NN2. The molecule has 0 aliphatic carbocycles. The maximum absolute atomic E-state index is 16.0. The fourth-order valence-electron chi connectivity index (χ4n) is 7.40. The van der Waals surface area contributed by atoms with Gasteiger partial charge in [-0.2, -0.15) is 0 Å². The van der Waals surface area contributed by atoms with Crippen LogP contribution >= 0.6 is 0 Å². The number of sulfone groups is 1. The lowest BCUT2D eigenvalue weighted by atomic mass is 9.85. The first-order valence-corrected chi connectivity index (χ1v) is 18.4. The van der Waals surface area contributed by atoms with Crippen LogP contribution in [-0.4, -0.2) is 70.5 Å². The number of benzene rings is 1. The fourth-order valence-corrected chi connectivity index (χ4v) is 8.89. The van der Waals surface area contributed by atoms with Crippen molar-refractivity contribution in [3.8, 4) is 0 Å². The van der Waals surface area contributed by atoms with Crippen molar-refractivity contribution in [3.05, 3.63) is 75.6 Å². The largest absolute Gasteiger partial charge is 0.363 e. The van der Waals surface area contributed by atoms with Gasteiger partial charge in [0, 0.05) is 48.9 Å². The Labute approximate surface area is 273 Å². The summed E-state index contributed by atoms with van der Waals surface area (Å²) in [6.07, 6.45) is 6.55. The quantitative estimate of drug-likeness (QED) is 0.350. The summed E-state index contributed by atoms with van der Waals surface area (Å²) in [5.74, 6) is -3.31. The van der Waals surface area contributed by atoms with Crippen molar-refractivity contribution in [2.75, 3.05) is 43.0 Å². The van der Waals surface area contributed by atoms with E-state index in [1.807, 2.05) is 30.3 Å². The molecule has 1 atom stereocenters. The molecule has 2 fully saturated rings. The van der Waals surface area contributed by atoms with Crippen molar-refractivity contribution >= 4 is 26.7 Å². The first-order valence-electron chi connectivity index (χ1n) is 16.6. The molecule has 0 saturated carbocycles. The fraction of sp³-hybridized carbons (Fsp3) is 0.545. The lowest BCUT2D eigenvalue weighted by molar-refractivity contribution is -0.0849. The molecule has 8 rings (SSSR count). The Bertz CT molecular complexity index is 1830. The average Bonchev–Trinajstić information content (AvgIpc) is 3.51. The number of nitrogens with one attached hydrogen (secondary N) is 3. The molecule has 5 aliphatic heterocycles. The molecule has 1 aromatic carbocycles. The molecule has 3 N–H and O–H groups in total. The lowest BCUT2D eigenvalue weighted by Gasteiger charge is -2.36. The Morgan fingerprint density at radius 1 is 0.979 bits per heavy atom. The van der Waals surface area contributed by atoms with Gasteiger partial charge in [0.05, 0.1) is 22.6 Å². The van der Waals surface area contributed by atoms with Gasteiger partial charge in [0.25, 0.3) is 11.5 Å². The maximum atomic E-state index is 16.0. The van der Waals surface area contributed by atoms with Crippen LogP contribution in [0.4, 0.5) is 14.6 Å². The number of rotatable bonds is 1. The summed E-state index contributed by atoms with van der Waals surface area (Å²) < 4.78 is 58.1. The summed E-state index contributed by atoms with van der Waals surface area (Å²) in [5, 5.41) is 6.04. The third-order valence-electron chi connectivity index (χ3n) is 10.2. The number of anilines is 1. The van der Waals surface area contributed by atoms with Crippen LogP contribution in [0.1, 0.15) is 74.1 Å². The number of piperidine rings is 1. The minimum Gasteiger partial charge on any atom is -0.363 e. The molecule has 2 saturated heterocycles. The van der Waals surface area contributed by atoms with Crippen LogP contribution in [0.15, 0.2) is 53.4 Å². The maximum Gasteiger partial charge on any atom is 0.276 e. The van der Waals surface area contributed by atoms with E-state index < -0.39 is 21.7 Å². The molecule has 2 aromatic heterocycles. The average molecular weight is 669 g/mol. The van der Waals surface area contributed by atoms with E-state index in [2.05, 4.69) is 31.1 Å². The highest BCUT2D eigenvalue weighted by Crippen LogP contribution is 2.42. The number of hydrogen-bond acceptors (Lipinski definition) is 10. The van der Waals surface area contributed by atoms with Crippen molar-refractivity contribution < 1.29 is 17.2 Å². The number of aromatic nitrogens is 3. The third-order valence-corrected chi connectivity index (χ3v) is 11.9. The molecule has 14 heteroatoms. The van der Waals surface area contributed by atoms with Gasteiger partial charge < -0.3 is 10.7 Å². The molecule has 10 bridgehead atoms. The standard InChI is InChI=1S/C33H42F2N8O3S/c1-22-24-5-4-6-26(17-24)33(34,35)25-7-13-41(14-8-25)19-27-20-42(40-39-27)11-2-3-12-43-31-29(30(38-22)36-21-37-31)18-28(32(43)44)23-9-15-47(45,46)16-10-23/h4-6,17-18,20-23,25,39-40H,2-3,7-16,19H2,1H3,(H,36,37,38)/t22-/m1/s1. The second-order valence-electron chi connectivity index (χ2n) is 13.4. The van der Waals surface area contributed by atoms with Crippen LogP contribution in [-0.2, 0) is 22.3 Å². The highest BCUT2D eigenvalue weighted by Gasteiger charge is 2.43. The summed E-state index contributed by atoms with van der Waals surface area (Å²) >= 11 is 0. The molecule has 252 valence electrons. The zero-order chi connectivity index (χ0) is 32.8. The van der Waals surface area contributed by atoms with Gasteiger partial charge in [0.1, 0.15) is 27.6 Å². The molecular weight excluding hydrogens is 626 g/mol. The Morgan fingerprint density at radius 3 is 2.53 bits per heavy atom. The van der Waals surface area contributed by atoms with E-state index in [-0.39, 0.29) is 34.6 Å². The van der Waals surface area contributed by atoms with Crippen LogP contribution in [0, 0.1) is 5.92 Å². The summed E-state index contributed by atoms with van der Waals surface area (Å²) in [6.45, 7) is 4.90. The second kappa shape index (κ2) is 12.8. The van der Waals surface area contributed by atoms with E-state index in [9.17, 15) is 13.2 Å². The molecule has 0 amide bonds. The van der Waals surface area contributed by atoms with Gasteiger partial charge in [-0.25, -0.2) is 27.2 Å². The van der Waals surface area contributed by atoms with Gasteiger partial charge in [-0.15, -0.1) is 5.53 Å². The minimum atomic E-state index is -3.11. The minimum absolute atomic E-state index is 0.0140. The van der Waals surface area contributed by atoms with Gasteiger partial charge >= 0.3 is 0 Å². The summed E-state index contributed by atoms with van der Waals surface area (Å²) in [6, 6.07) is 8.08. The number of alkyl halides is 2. The monoisotopic (exact) mass is 668 g/mol. The van der Waals surface area contributed by atoms with Crippen molar-refractivity contribution in [1.82, 2.24) is 35.4 Å². The van der Waals surface area contributed by atoms with Crippen molar-refractivity contribution in [2.45, 2.75) is 69.9 Å². The number of nitrogens with zero attached hydrogens (tertiary/aromatic N) is 5. The number of fused-ring (bicyclic) bond motifs is 6. The molecular formula is C33H42F2N8O3S. The van der Waals surface area contributed by atoms with Crippen molar-refractivity contribution in [2.24, 2.45) is 5.92 Å². The topological polar surface area (TPSA) is 124 Å². The van der Waals surface area contributed by atoms with Gasteiger partial charge in [0.15, 0.2) is 0 Å². The summed E-state index contributed by atoms with van der Waals surface area (Å²) in [5.41, 5.74) is 8.99. The number of hydrazine groups is 2. The molecule has 3 aromatic rings. The summed E-state index contributed by atoms with van der Waals surface area (Å²) in [7, 11) is -3.11. The van der Waals surface area contributed by atoms with Gasteiger partial charge in [-0.3, -0.25) is 19.3 Å². The highest BCUT2D eigenvalue weighted by atomic mass is 32.2. The Kier molecular flexibility index (Phi) is 8.68. The molecule has 0 spiro atoms. The molecule has 11 nitrogen and oxygen atoms in total. The Balaban J connectivity index is 1.27. The first kappa shape index (κ1) is 32.0. The van der Waals surface area contributed by atoms with Crippen molar-refractivity contribution in [3.63, 3.8) is 0 Å². The van der Waals surface area contributed by atoms with E-state index in [0.717, 1.165) is 18.5 Å². The zero-order valence-corrected chi connectivity index (χ0v) is 27.4. The van der Waals surface area contributed by atoms with E-state index in [4.69, 9.17) is 0 Å². The second-order valence-corrected chi connectivity index (χ2v) is 15.7. The van der Waals surface area contributed by atoms with Gasteiger partial charge in [-0.05, 0) is 82.2 Å². The first-order chi connectivity index (χ1) is 22.6. The molecule has 5 aliphatic rings. The Morgan fingerprint density at radius 2 is 1.74 bits per heavy atom. The van der Waals surface area contributed by atoms with E-state index in [1.165, 1.54) is 12.4 Å². The number of hydrogen-bond donors (Lipinski definition) is 3. The molecule has 0 radical (unpaired) electrons. The molecule has 7 heterocycles. The van der Waals surface area contributed by atoms with Gasteiger partial charge in [0.2, 0.25) is 0 Å². The van der Waals surface area contributed by atoms with Crippen LogP contribution in [0.3, 0.4) is 0 Å². The summed E-state index contributed by atoms with van der Waals surface area (Å²) in [4.78, 5) is 25.3. The molecule has 0 unspecified atom stereocenters. The van der Waals surface area contributed by atoms with Crippen LogP contribution in [0.5, 0.6) is 0 Å². The van der Waals surface area contributed by atoms with Crippen molar-refractivity contribution in [1.29, 1.82) is 0 Å². The smallest absolute Gasteiger partial charge is 0.276 e. The van der Waals surface area contributed by atoms with Gasteiger partial charge in [-0.1, -0.05) is 18.2 Å². The number of aryl methyl sites for hydroxylation is 1. The van der Waals surface area contributed by atoms with E-state index >= 15 is 8.78 Å².